The van der Waals surface area contributed by atoms with Gasteiger partial charge in [-0.3, -0.25) is 4.79 Å². The predicted octanol–water partition coefficient (Wildman–Crippen LogP) is 3.96. The fraction of sp³-hybridized carbons (Fsp3) is 0.280. The second-order valence-electron chi connectivity index (χ2n) is 7.41. The first-order valence-corrected chi connectivity index (χ1v) is 10.6. The number of para-hydroxylation sites is 2. The summed E-state index contributed by atoms with van der Waals surface area (Å²) in [5, 5.41) is 5.25. The molecule has 0 unspecified atom stereocenters. The quantitative estimate of drug-likeness (QED) is 0.397. The zero-order chi connectivity index (χ0) is 21.5. The molecule has 4 rings (SSSR count). The van der Waals surface area contributed by atoms with Crippen molar-refractivity contribution in [3.63, 3.8) is 0 Å². The molecule has 0 spiro atoms. The van der Waals surface area contributed by atoms with E-state index in [1.807, 2.05) is 36.4 Å². The number of carbonyl (C=O) groups is 1. The van der Waals surface area contributed by atoms with Crippen molar-refractivity contribution in [3.05, 3.63) is 72.6 Å². The van der Waals surface area contributed by atoms with Gasteiger partial charge in [-0.1, -0.05) is 42.5 Å². The van der Waals surface area contributed by atoms with Crippen LogP contribution in [0.15, 0.2) is 66.7 Å². The average molecular weight is 418 g/mol. The molecule has 1 amide bonds. The zero-order valence-electron chi connectivity index (χ0n) is 17.7. The summed E-state index contributed by atoms with van der Waals surface area (Å²) in [6, 6.07) is 22.6. The van der Waals surface area contributed by atoms with Crippen molar-refractivity contribution in [2.75, 3.05) is 26.9 Å². The maximum atomic E-state index is 11.6. The third-order valence-corrected chi connectivity index (χ3v) is 5.20. The number of hydrogen-bond acceptors (Lipinski definition) is 4. The van der Waals surface area contributed by atoms with Crippen LogP contribution in [0, 0.1) is 0 Å². The van der Waals surface area contributed by atoms with Crippen LogP contribution in [0.4, 0.5) is 0 Å². The van der Waals surface area contributed by atoms with Crippen LogP contribution >= 0.6 is 0 Å². The molecule has 1 heterocycles. The maximum Gasteiger partial charge on any atom is 0.245 e. The fourth-order valence-corrected chi connectivity index (χ4v) is 3.73. The molecule has 0 saturated carbocycles. The number of aromatic nitrogens is 2. The molecule has 0 bridgehead atoms. The lowest BCUT2D eigenvalue weighted by atomic mass is 10.1. The number of ether oxygens (including phenoxy) is 2. The van der Waals surface area contributed by atoms with E-state index in [-0.39, 0.29) is 12.5 Å². The minimum absolute atomic E-state index is 0.0720. The summed E-state index contributed by atoms with van der Waals surface area (Å²) in [5.41, 5.74) is 2.07. The van der Waals surface area contributed by atoms with Gasteiger partial charge in [-0.25, -0.2) is 4.98 Å². The highest BCUT2D eigenvalue weighted by atomic mass is 16.5. The van der Waals surface area contributed by atoms with E-state index in [1.54, 1.807) is 0 Å². The zero-order valence-corrected chi connectivity index (χ0v) is 17.7. The minimum atomic E-state index is -0.117. The van der Waals surface area contributed by atoms with E-state index in [0.29, 0.717) is 19.6 Å². The second kappa shape index (κ2) is 10.1. The molecule has 0 aliphatic rings. The topological polar surface area (TPSA) is 65.4 Å². The number of benzene rings is 3. The molecule has 0 atom stereocenters. The normalized spacial score (nSPS) is 11.1. The van der Waals surface area contributed by atoms with E-state index >= 15 is 0 Å². The largest absolute Gasteiger partial charge is 0.494 e. The van der Waals surface area contributed by atoms with Gasteiger partial charge in [0.05, 0.1) is 17.6 Å². The summed E-state index contributed by atoms with van der Waals surface area (Å²) < 4.78 is 13.1. The van der Waals surface area contributed by atoms with Gasteiger partial charge < -0.3 is 19.4 Å². The molecule has 3 aromatic carbocycles. The molecular weight excluding hydrogens is 390 g/mol. The smallest absolute Gasteiger partial charge is 0.245 e. The number of methoxy groups -OCH3 is 1. The Morgan fingerprint density at radius 3 is 2.71 bits per heavy atom. The SMILES string of the molecule is COCC(=O)NCCc1nc2ccccc2n1CCCOc1ccc2ccccc2c1. The Morgan fingerprint density at radius 2 is 1.84 bits per heavy atom. The Bertz CT molecular complexity index is 1170. The maximum absolute atomic E-state index is 11.6. The fourth-order valence-electron chi connectivity index (χ4n) is 3.73. The Labute approximate surface area is 181 Å². The average Bonchev–Trinajstić information content (AvgIpc) is 3.14. The van der Waals surface area contributed by atoms with Crippen LogP contribution < -0.4 is 10.1 Å². The van der Waals surface area contributed by atoms with Gasteiger partial charge in [-0.15, -0.1) is 0 Å². The number of imidazole rings is 1. The number of amides is 1. The molecule has 0 saturated heterocycles. The molecule has 6 heteroatoms. The lowest BCUT2D eigenvalue weighted by Crippen LogP contribution is -2.29. The van der Waals surface area contributed by atoms with E-state index in [2.05, 4.69) is 40.2 Å². The molecule has 6 nitrogen and oxygen atoms in total. The first-order chi connectivity index (χ1) is 15.2. The lowest BCUT2D eigenvalue weighted by molar-refractivity contribution is -0.124. The number of aryl methyl sites for hydroxylation is 1. The number of fused-ring (bicyclic) bond motifs is 2. The van der Waals surface area contributed by atoms with E-state index in [9.17, 15) is 4.79 Å². The lowest BCUT2D eigenvalue weighted by Gasteiger charge is -2.11. The highest BCUT2D eigenvalue weighted by Gasteiger charge is 2.11. The van der Waals surface area contributed by atoms with E-state index in [0.717, 1.165) is 35.6 Å². The van der Waals surface area contributed by atoms with Gasteiger partial charge in [0, 0.05) is 26.6 Å². The first-order valence-electron chi connectivity index (χ1n) is 10.6. The minimum Gasteiger partial charge on any atom is -0.494 e. The van der Waals surface area contributed by atoms with Gasteiger partial charge in [0.15, 0.2) is 0 Å². The Morgan fingerprint density at radius 1 is 1.03 bits per heavy atom. The molecule has 31 heavy (non-hydrogen) atoms. The number of carbonyl (C=O) groups excluding carboxylic acids is 1. The molecule has 160 valence electrons. The Kier molecular flexibility index (Phi) is 6.79. The van der Waals surface area contributed by atoms with Crippen molar-refractivity contribution < 1.29 is 14.3 Å². The van der Waals surface area contributed by atoms with Gasteiger partial charge in [0.1, 0.15) is 18.2 Å². The molecule has 4 aromatic rings. The summed E-state index contributed by atoms with van der Waals surface area (Å²) in [4.78, 5) is 16.4. The van der Waals surface area contributed by atoms with Crippen molar-refractivity contribution in [2.24, 2.45) is 0 Å². The van der Waals surface area contributed by atoms with Gasteiger partial charge in [-0.2, -0.15) is 0 Å². The van der Waals surface area contributed by atoms with E-state index in [4.69, 9.17) is 14.5 Å². The van der Waals surface area contributed by atoms with Crippen LogP contribution in [-0.2, 0) is 22.5 Å². The second-order valence-corrected chi connectivity index (χ2v) is 7.41. The van der Waals surface area contributed by atoms with Gasteiger partial charge in [0.25, 0.3) is 0 Å². The summed E-state index contributed by atoms with van der Waals surface area (Å²) >= 11 is 0. The van der Waals surface area contributed by atoms with Gasteiger partial charge in [0.2, 0.25) is 5.91 Å². The van der Waals surface area contributed by atoms with Crippen LogP contribution in [0.5, 0.6) is 5.75 Å². The highest BCUT2D eigenvalue weighted by Crippen LogP contribution is 2.21. The van der Waals surface area contributed by atoms with Crippen molar-refractivity contribution in [2.45, 2.75) is 19.4 Å². The van der Waals surface area contributed by atoms with Gasteiger partial charge in [-0.05, 0) is 41.5 Å². The molecule has 0 fully saturated rings. The molecule has 0 aliphatic carbocycles. The third-order valence-electron chi connectivity index (χ3n) is 5.20. The van der Waals surface area contributed by atoms with Crippen LogP contribution in [0.25, 0.3) is 21.8 Å². The molecule has 0 aliphatic heterocycles. The Hall–Kier alpha value is -3.38. The molecular formula is C25H27N3O3. The van der Waals surface area contributed by atoms with Crippen molar-refractivity contribution in [1.29, 1.82) is 0 Å². The van der Waals surface area contributed by atoms with E-state index in [1.165, 1.54) is 17.9 Å². The number of hydrogen-bond donors (Lipinski definition) is 1. The molecule has 1 aromatic heterocycles. The number of nitrogens with one attached hydrogen (secondary N) is 1. The predicted molar refractivity (Wildman–Crippen MR) is 122 cm³/mol. The first kappa shape index (κ1) is 20.9. The van der Waals surface area contributed by atoms with Crippen LogP contribution in [0.2, 0.25) is 0 Å². The van der Waals surface area contributed by atoms with Crippen molar-refractivity contribution in [1.82, 2.24) is 14.9 Å². The summed E-state index contributed by atoms with van der Waals surface area (Å²) in [5.74, 6) is 1.73. The standard InChI is InChI=1S/C25H27N3O3/c1-30-18-25(29)26-14-13-24-27-22-9-4-5-10-23(22)28(24)15-6-16-31-21-12-11-19-7-2-3-8-20(19)17-21/h2-5,7-12,17H,6,13-16,18H2,1H3,(H,26,29). The highest BCUT2D eigenvalue weighted by molar-refractivity contribution is 5.83. The summed E-state index contributed by atoms with van der Waals surface area (Å²) in [7, 11) is 1.51. The molecule has 1 N–H and O–H groups in total. The monoisotopic (exact) mass is 417 g/mol. The third kappa shape index (κ3) is 5.22. The van der Waals surface area contributed by atoms with E-state index < -0.39 is 0 Å². The van der Waals surface area contributed by atoms with Gasteiger partial charge >= 0.3 is 0 Å². The van der Waals surface area contributed by atoms with Crippen LogP contribution in [0.1, 0.15) is 12.2 Å². The summed E-state index contributed by atoms with van der Waals surface area (Å²) in [6.45, 7) is 2.02. The number of rotatable bonds is 10. The summed E-state index contributed by atoms with van der Waals surface area (Å²) in [6.07, 6.45) is 1.52. The molecule has 0 radical (unpaired) electrons. The van der Waals surface area contributed by atoms with Crippen molar-refractivity contribution >= 4 is 27.7 Å². The van der Waals surface area contributed by atoms with Crippen LogP contribution in [-0.4, -0.2) is 42.3 Å². The van der Waals surface area contributed by atoms with Crippen LogP contribution in [0.3, 0.4) is 0 Å². The van der Waals surface area contributed by atoms with Crippen molar-refractivity contribution in [3.8, 4) is 5.75 Å². The Balaban J connectivity index is 1.37. The number of nitrogens with zero attached hydrogens (tertiary/aromatic N) is 2.